The predicted octanol–water partition coefficient (Wildman–Crippen LogP) is 5.65. The Balaban J connectivity index is 1.56. The zero-order valence-electron chi connectivity index (χ0n) is 21.5. The lowest BCUT2D eigenvalue weighted by Gasteiger charge is -2.37. The zero-order chi connectivity index (χ0) is 24.7. The second kappa shape index (κ2) is 9.73. The molecule has 5 rings (SSSR count). The zero-order valence-corrected chi connectivity index (χ0v) is 21.5. The van der Waals surface area contributed by atoms with Gasteiger partial charge >= 0.3 is 0 Å². The summed E-state index contributed by atoms with van der Waals surface area (Å²) in [5.41, 5.74) is 7.17. The van der Waals surface area contributed by atoms with Crippen LogP contribution in [-0.2, 0) is 16.6 Å². The highest BCUT2D eigenvalue weighted by Gasteiger charge is 2.36. The first kappa shape index (κ1) is 24.0. The summed E-state index contributed by atoms with van der Waals surface area (Å²) in [6, 6.07) is 2.47. The molecule has 1 aliphatic heterocycles. The number of Topliss-reactive ketones (excluding diaryl/α,β-unsaturated/α-hetero) is 2. The Hall–Kier alpha value is -2.73. The second-order valence-electron chi connectivity index (χ2n) is 10.5. The molecule has 1 saturated carbocycles. The molecule has 3 aliphatic rings. The number of ether oxygens (including phenoxy) is 1. The first-order valence-corrected chi connectivity index (χ1v) is 13.1. The van der Waals surface area contributed by atoms with Crippen molar-refractivity contribution in [1.29, 1.82) is 0 Å². The minimum Gasteiger partial charge on any atom is -0.381 e. The molecule has 35 heavy (non-hydrogen) atoms. The molecule has 1 aromatic heterocycles. The lowest BCUT2D eigenvalue weighted by atomic mass is 9.87. The van der Waals surface area contributed by atoms with Crippen molar-refractivity contribution < 1.29 is 14.3 Å². The van der Waals surface area contributed by atoms with E-state index in [4.69, 9.17) is 4.74 Å². The maximum Gasteiger partial charge on any atom is 0.163 e. The van der Waals surface area contributed by atoms with Crippen molar-refractivity contribution >= 4 is 28.2 Å². The van der Waals surface area contributed by atoms with Crippen molar-refractivity contribution in [3.8, 4) is 0 Å². The Kier molecular flexibility index (Phi) is 6.67. The number of hydrogen-bond donors (Lipinski definition) is 0. The normalized spacial score (nSPS) is 19.4. The number of allylic oxidation sites excluding steroid dienone is 4. The number of ketones is 2. The number of hydrogen-bond acceptors (Lipinski definition) is 5. The van der Waals surface area contributed by atoms with Gasteiger partial charge in [0.1, 0.15) is 0 Å². The van der Waals surface area contributed by atoms with Gasteiger partial charge in [-0.05, 0) is 81.6 Å². The van der Waals surface area contributed by atoms with Crippen molar-refractivity contribution in [2.75, 3.05) is 24.7 Å². The summed E-state index contributed by atoms with van der Waals surface area (Å²) in [6.07, 6.45) is 9.63. The molecule has 1 aromatic carbocycles. The van der Waals surface area contributed by atoms with Crippen LogP contribution >= 0.6 is 0 Å². The number of carbonyl (C=O) groups excluding carboxylic acids is 2. The lowest BCUT2D eigenvalue weighted by Crippen LogP contribution is -2.40. The van der Waals surface area contributed by atoms with Crippen LogP contribution in [0, 0.1) is 0 Å². The summed E-state index contributed by atoms with van der Waals surface area (Å²) < 4.78 is 7.54. The number of anilines is 1. The number of aryl methyl sites for hydroxylation is 1. The van der Waals surface area contributed by atoms with E-state index in [2.05, 4.69) is 29.1 Å². The van der Waals surface area contributed by atoms with Crippen molar-refractivity contribution in [1.82, 2.24) is 9.78 Å². The maximum atomic E-state index is 13.8. The molecule has 0 amide bonds. The van der Waals surface area contributed by atoms with E-state index < -0.39 is 0 Å². The molecule has 0 unspecified atom stereocenters. The van der Waals surface area contributed by atoms with Gasteiger partial charge in [-0.15, -0.1) is 0 Å². The molecule has 186 valence electrons. The molecule has 2 aliphatic carbocycles. The molecule has 6 heteroatoms. The third kappa shape index (κ3) is 4.61. The molecular formula is C29H37N3O3. The van der Waals surface area contributed by atoms with Crippen LogP contribution in [0.1, 0.15) is 87.6 Å². The van der Waals surface area contributed by atoms with Gasteiger partial charge in [0.15, 0.2) is 11.6 Å². The number of carbonyl (C=O) groups is 2. The average Bonchev–Trinajstić information content (AvgIpc) is 3.61. The minimum absolute atomic E-state index is 0.138. The van der Waals surface area contributed by atoms with Gasteiger partial charge in [0.25, 0.3) is 0 Å². The topological polar surface area (TPSA) is 64.4 Å². The van der Waals surface area contributed by atoms with Gasteiger partial charge in [0.05, 0.1) is 17.4 Å². The van der Waals surface area contributed by atoms with Crippen molar-refractivity contribution in [3.05, 3.63) is 46.2 Å². The highest BCUT2D eigenvalue weighted by molar-refractivity contribution is 6.07. The first-order chi connectivity index (χ1) is 16.9. The molecular weight excluding hydrogens is 438 g/mol. The van der Waals surface area contributed by atoms with Crippen LogP contribution in [0.25, 0.3) is 10.9 Å². The van der Waals surface area contributed by atoms with E-state index >= 15 is 0 Å². The summed E-state index contributed by atoms with van der Waals surface area (Å²) in [6.45, 7) is 8.65. The number of rotatable bonds is 8. The van der Waals surface area contributed by atoms with Gasteiger partial charge < -0.3 is 9.64 Å². The van der Waals surface area contributed by atoms with Gasteiger partial charge in [-0.2, -0.15) is 5.10 Å². The van der Waals surface area contributed by atoms with Crippen LogP contribution in [0.2, 0.25) is 0 Å². The Bertz CT molecular complexity index is 1230. The fourth-order valence-corrected chi connectivity index (χ4v) is 6.01. The van der Waals surface area contributed by atoms with Crippen LogP contribution in [0.3, 0.4) is 0 Å². The number of benzene rings is 1. The van der Waals surface area contributed by atoms with Crippen molar-refractivity contribution in [2.45, 2.75) is 77.7 Å². The molecule has 0 atom stereocenters. The van der Waals surface area contributed by atoms with Crippen LogP contribution in [-0.4, -0.2) is 47.1 Å². The summed E-state index contributed by atoms with van der Waals surface area (Å²) in [7, 11) is 1.95. The minimum atomic E-state index is 0.138. The predicted molar refractivity (Wildman–Crippen MR) is 139 cm³/mol. The average molecular weight is 476 g/mol. The summed E-state index contributed by atoms with van der Waals surface area (Å²) in [5.74, 6) is 0.723. The van der Waals surface area contributed by atoms with Crippen molar-refractivity contribution in [2.24, 2.45) is 7.05 Å². The van der Waals surface area contributed by atoms with E-state index in [0.29, 0.717) is 31.2 Å². The Morgan fingerprint density at radius 1 is 1.20 bits per heavy atom. The van der Waals surface area contributed by atoms with E-state index in [9.17, 15) is 9.59 Å². The van der Waals surface area contributed by atoms with Gasteiger partial charge in [0.2, 0.25) is 0 Å². The molecule has 6 nitrogen and oxygen atoms in total. The molecule has 0 spiro atoms. The highest BCUT2D eigenvalue weighted by Crippen LogP contribution is 2.50. The standard InChI is InChI=1S/C29H37N3O3/c1-5-32(21-10-12-35-13-11-21)29-24-17-30-31(4)25(24)16-23(28(29)20-6-7-20)26(33)9-8-22-19(3)14-18(2)15-27(22)34/h14,16-17,20-21H,5-13,15H2,1-4H3. The van der Waals surface area contributed by atoms with Crippen LogP contribution < -0.4 is 4.90 Å². The van der Waals surface area contributed by atoms with Crippen molar-refractivity contribution in [3.63, 3.8) is 0 Å². The fraction of sp³-hybridized carbons (Fsp3) is 0.552. The molecule has 1 saturated heterocycles. The van der Waals surface area contributed by atoms with Gasteiger partial charge in [-0.3, -0.25) is 14.3 Å². The van der Waals surface area contributed by atoms with E-state index in [1.165, 1.54) is 11.3 Å². The number of nitrogens with zero attached hydrogens (tertiary/aromatic N) is 3. The summed E-state index contributed by atoms with van der Waals surface area (Å²) in [4.78, 5) is 29.0. The molecule has 2 fully saturated rings. The third-order valence-electron chi connectivity index (χ3n) is 7.93. The maximum absolute atomic E-state index is 13.8. The fourth-order valence-electron chi connectivity index (χ4n) is 6.01. The smallest absolute Gasteiger partial charge is 0.163 e. The van der Waals surface area contributed by atoms with Gasteiger partial charge in [-0.25, -0.2) is 0 Å². The number of fused-ring (bicyclic) bond motifs is 1. The second-order valence-corrected chi connectivity index (χ2v) is 10.5. The van der Waals surface area contributed by atoms with Gasteiger partial charge in [-0.1, -0.05) is 11.6 Å². The van der Waals surface area contributed by atoms with E-state index in [-0.39, 0.29) is 11.6 Å². The van der Waals surface area contributed by atoms with E-state index in [1.807, 2.05) is 31.8 Å². The Morgan fingerprint density at radius 2 is 1.94 bits per heavy atom. The highest BCUT2D eigenvalue weighted by atomic mass is 16.5. The monoisotopic (exact) mass is 475 g/mol. The largest absolute Gasteiger partial charge is 0.381 e. The van der Waals surface area contributed by atoms with Gasteiger partial charge in [0, 0.05) is 56.6 Å². The first-order valence-electron chi connectivity index (χ1n) is 13.1. The van der Waals surface area contributed by atoms with Crippen LogP contribution in [0.5, 0.6) is 0 Å². The van der Waals surface area contributed by atoms with E-state index in [0.717, 1.165) is 78.6 Å². The SMILES string of the molecule is CCN(c1c(C2CC2)c(C(=O)CCC2=C(C)C=C(C)CC2=O)cc2c1cnn2C)C1CCOCC1. The van der Waals surface area contributed by atoms with Crippen LogP contribution in [0.15, 0.2) is 35.1 Å². The summed E-state index contributed by atoms with van der Waals surface area (Å²) >= 11 is 0. The third-order valence-corrected chi connectivity index (χ3v) is 7.93. The van der Waals surface area contributed by atoms with E-state index in [1.54, 1.807) is 0 Å². The van der Waals surface area contributed by atoms with Crippen LogP contribution in [0.4, 0.5) is 5.69 Å². The molecule has 2 heterocycles. The quantitative estimate of drug-likeness (QED) is 0.461. The Morgan fingerprint density at radius 3 is 2.60 bits per heavy atom. The Labute approximate surface area is 208 Å². The summed E-state index contributed by atoms with van der Waals surface area (Å²) in [5, 5.41) is 5.72. The number of aromatic nitrogens is 2. The molecule has 0 N–H and O–H groups in total. The lowest BCUT2D eigenvalue weighted by molar-refractivity contribution is -0.115. The molecule has 2 aromatic rings. The molecule has 0 bridgehead atoms. The molecule has 0 radical (unpaired) electrons.